The normalized spacial score (nSPS) is 10.9. The molecule has 0 radical (unpaired) electrons. The van der Waals surface area contributed by atoms with E-state index in [0.29, 0.717) is 6.42 Å². The van der Waals surface area contributed by atoms with Gasteiger partial charge in [-0.05, 0) is 20.4 Å². The van der Waals surface area contributed by atoms with Crippen molar-refractivity contribution in [3.8, 4) is 0 Å². The van der Waals surface area contributed by atoms with E-state index < -0.39 is 0 Å². The van der Waals surface area contributed by atoms with Gasteiger partial charge in [-0.2, -0.15) is 0 Å². The van der Waals surface area contributed by atoms with Crippen molar-refractivity contribution in [1.29, 1.82) is 0 Å². The zero-order valence-corrected chi connectivity index (χ0v) is 12.3. The fraction of sp³-hybridized carbons (Fsp3) is 0.562. The van der Waals surface area contributed by atoms with Gasteiger partial charge in [-0.25, -0.2) is 0 Å². The van der Waals surface area contributed by atoms with Crippen LogP contribution in [0.15, 0.2) is 24.3 Å². The third kappa shape index (κ3) is 5.99. The number of likely N-dealkylation sites (N-methyl/N-ethyl adjacent to an activating group) is 1. The maximum absolute atomic E-state index is 12.0. The van der Waals surface area contributed by atoms with E-state index in [1.807, 2.05) is 38.1 Å². The zero-order chi connectivity index (χ0) is 14.1. The Balaban J connectivity index is 2.37. The number of hydrogen-bond acceptors (Lipinski definition) is 3. The fourth-order valence-corrected chi connectivity index (χ4v) is 1.91. The van der Waals surface area contributed by atoms with Crippen LogP contribution in [0.5, 0.6) is 0 Å². The van der Waals surface area contributed by atoms with Crippen LogP contribution in [0, 0.1) is 6.92 Å². The molecule has 0 heterocycles. The summed E-state index contributed by atoms with van der Waals surface area (Å²) in [5.41, 5.74) is 2.00. The highest BCUT2D eigenvalue weighted by Crippen LogP contribution is 2.06. The zero-order valence-electron chi connectivity index (χ0n) is 12.3. The van der Waals surface area contributed by atoms with Gasteiger partial charge in [0.25, 0.3) is 0 Å². The quantitative estimate of drug-likeness (QED) is 0.507. The van der Waals surface area contributed by atoms with Crippen molar-refractivity contribution in [3.63, 3.8) is 0 Å². The first-order valence-electron chi connectivity index (χ1n) is 7.07. The molecule has 3 heteroatoms. The topological polar surface area (TPSA) is 29.5 Å². The molecule has 0 N–H and O–H groups in total. The molecule has 106 valence electrons. The summed E-state index contributed by atoms with van der Waals surface area (Å²) < 4.78 is 5.34. The van der Waals surface area contributed by atoms with E-state index in [-0.39, 0.29) is 5.78 Å². The maximum Gasteiger partial charge on any atom is 0.164 e. The van der Waals surface area contributed by atoms with Gasteiger partial charge < -0.3 is 9.64 Å². The predicted octanol–water partition coefficient (Wildman–Crippen LogP) is 2.93. The van der Waals surface area contributed by atoms with Crippen LogP contribution in [0.2, 0.25) is 0 Å². The lowest BCUT2D eigenvalue weighted by Crippen LogP contribution is -2.29. The van der Waals surface area contributed by atoms with Gasteiger partial charge in [-0.3, -0.25) is 4.79 Å². The van der Waals surface area contributed by atoms with Crippen LogP contribution in [0.4, 0.5) is 0 Å². The Morgan fingerprint density at radius 1 is 1.16 bits per heavy atom. The molecule has 1 aromatic carbocycles. The number of ether oxygens (including phenoxy) is 1. The van der Waals surface area contributed by atoms with Gasteiger partial charge in [0, 0.05) is 31.7 Å². The Morgan fingerprint density at radius 2 is 1.84 bits per heavy atom. The van der Waals surface area contributed by atoms with Gasteiger partial charge in [0.2, 0.25) is 0 Å². The van der Waals surface area contributed by atoms with E-state index in [0.717, 1.165) is 38.4 Å². The Kier molecular flexibility index (Phi) is 7.38. The van der Waals surface area contributed by atoms with Crippen LogP contribution in [0.1, 0.15) is 36.2 Å². The van der Waals surface area contributed by atoms with Crippen molar-refractivity contribution < 1.29 is 9.53 Å². The van der Waals surface area contributed by atoms with E-state index in [1.165, 1.54) is 5.56 Å². The van der Waals surface area contributed by atoms with Crippen LogP contribution in [-0.4, -0.2) is 43.5 Å². The number of carbonyl (C=O) groups excluding carboxylic acids is 1. The fourth-order valence-electron chi connectivity index (χ4n) is 1.91. The minimum atomic E-state index is 0.217. The monoisotopic (exact) mass is 263 g/mol. The molecule has 0 saturated heterocycles. The largest absolute Gasteiger partial charge is 0.380 e. The lowest BCUT2D eigenvalue weighted by molar-refractivity contribution is 0.0930. The highest BCUT2D eigenvalue weighted by Gasteiger charge is 2.08. The van der Waals surface area contributed by atoms with E-state index in [4.69, 9.17) is 4.74 Å². The van der Waals surface area contributed by atoms with E-state index in [1.54, 1.807) is 0 Å². The highest BCUT2D eigenvalue weighted by atomic mass is 16.5. The summed E-state index contributed by atoms with van der Waals surface area (Å²) in [4.78, 5) is 14.3. The number of carbonyl (C=O) groups is 1. The molecule has 19 heavy (non-hydrogen) atoms. The van der Waals surface area contributed by atoms with Crippen LogP contribution in [-0.2, 0) is 4.74 Å². The van der Waals surface area contributed by atoms with Crippen LogP contribution in [0.25, 0.3) is 0 Å². The molecule has 0 fully saturated rings. The first-order valence-corrected chi connectivity index (χ1v) is 7.07. The van der Waals surface area contributed by atoms with Crippen molar-refractivity contribution in [2.45, 2.75) is 27.2 Å². The van der Waals surface area contributed by atoms with Gasteiger partial charge in [-0.15, -0.1) is 0 Å². The number of benzene rings is 1. The van der Waals surface area contributed by atoms with Crippen LogP contribution in [0.3, 0.4) is 0 Å². The second-order valence-electron chi connectivity index (χ2n) is 4.67. The number of Topliss-reactive ketones (excluding diaryl/α,β-unsaturated/α-hetero) is 1. The molecular formula is C16H25NO2. The van der Waals surface area contributed by atoms with Crippen molar-refractivity contribution in [1.82, 2.24) is 4.90 Å². The van der Waals surface area contributed by atoms with Gasteiger partial charge in [0.15, 0.2) is 5.78 Å². The molecule has 1 aromatic rings. The van der Waals surface area contributed by atoms with Crippen LogP contribution >= 0.6 is 0 Å². The summed E-state index contributed by atoms with van der Waals surface area (Å²) in [5, 5.41) is 0. The summed E-state index contributed by atoms with van der Waals surface area (Å²) in [6.45, 7) is 10.3. The third-order valence-electron chi connectivity index (χ3n) is 3.23. The molecule has 0 amide bonds. The average Bonchev–Trinajstić information content (AvgIpc) is 2.43. The van der Waals surface area contributed by atoms with Crippen molar-refractivity contribution in [2.75, 3.05) is 32.8 Å². The smallest absolute Gasteiger partial charge is 0.164 e. The Labute approximate surface area is 116 Å². The molecule has 0 spiro atoms. The molecule has 0 aromatic heterocycles. The lowest BCUT2D eigenvalue weighted by Gasteiger charge is -2.19. The molecule has 0 atom stereocenters. The van der Waals surface area contributed by atoms with Crippen LogP contribution < -0.4 is 0 Å². The molecular weight excluding hydrogens is 238 g/mol. The third-order valence-corrected chi connectivity index (χ3v) is 3.23. The molecule has 0 aliphatic heterocycles. The number of aryl methyl sites for hydroxylation is 1. The highest BCUT2D eigenvalue weighted by molar-refractivity contribution is 5.96. The van der Waals surface area contributed by atoms with Gasteiger partial charge in [0.1, 0.15) is 0 Å². The maximum atomic E-state index is 12.0. The van der Waals surface area contributed by atoms with E-state index in [2.05, 4.69) is 11.8 Å². The molecule has 0 bridgehead atoms. The lowest BCUT2D eigenvalue weighted by atomic mass is 10.1. The standard InChI is InChI=1S/C16H25NO2/c1-4-17(12-13-19-5-2)11-10-16(18)15-8-6-14(3)7-9-15/h6-9H,4-5,10-13H2,1-3H3. The predicted molar refractivity (Wildman–Crippen MR) is 78.7 cm³/mol. The van der Waals surface area contributed by atoms with E-state index in [9.17, 15) is 4.79 Å². The van der Waals surface area contributed by atoms with Crippen molar-refractivity contribution in [3.05, 3.63) is 35.4 Å². The van der Waals surface area contributed by atoms with Gasteiger partial charge >= 0.3 is 0 Å². The van der Waals surface area contributed by atoms with Gasteiger partial charge in [-0.1, -0.05) is 36.8 Å². The Hall–Kier alpha value is -1.19. The first-order chi connectivity index (χ1) is 9.17. The minimum absolute atomic E-state index is 0.217. The Bertz CT molecular complexity index is 373. The number of hydrogen-bond donors (Lipinski definition) is 0. The summed E-state index contributed by atoms with van der Waals surface area (Å²) in [5.74, 6) is 0.217. The SMILES string of the molecule is CCOCCN(CC)CCC(=O)c1ccc(C)cc1. The molecule has 0 saturated carbocycles. The summed E-state index contributed by atoms with van der Waals surface area (Å²) in [6, 6.07) is 7.79. The molecule has 1 rings (SSSR count). The molecule has 0 aliphatic carbocycles. The minimum Gasteiger partial charge on any atom is -0.380 e. The second kappa shape index (κ2) is 8.83. The number of ketones is 1. The molecule has 3 nitrogen and oxygen atoms in total. The van der Waals surface area contributed by atoms with E-state index >= 15 is 0 Å². The Morgan fingerprint density at radius 3 is 2.42 bits per heavy atom. The second-order valence-corrected chi connectivity index (χ2v) is 4.67. The number of rotatable bonds is 9. The first kappa shape index (κ1) is 15.9. The summed E-state index contributed by atoms with van der Waals surface area (Å²) in [7, 11) is 0. The summed E-state index contributed by atoms with van der Waals surface area (Å²) >= 11 is 0. The van der Waals surface area contributed by atoms with Gasteiger partial charge in [0.05, 0.1) is 6.61 Å². The molecule has 0 aliphatic rings. The summed E-state index contributed by atoms with van der Waals surface area (Å²) in [6.07, 6.45) is 0.572. The van der Waals surface area contributed by atoms with Crippen molar-refractivity contribution >= 4 is 5.78 Å². The van der Waals surface area contributed by atoms with Crippen molar-refractivity contribution in [2.24, 2.45) is 0 Å². The molecule has 0 unspecified atom stereocenters. The number of nitrogens with zero attached hydrogens (tertiary/aromatic N) is 1. The average molecular weight is 263 g/mol.